The third-order valence-corrected chi connectivity index (χ3v) is 9.13. The van der Waals surface area contributed by atoms with Crippen molar-refractivity contribution in [1.82, 2.24) is 0 Å². The van der Waals surface area contributed by atoms with Crippen LogP contribution in [0.5, 0.6) is 5.75 Å². The summed E-state index contributed by atoms with van der Waals surface area (Å²) in [5.74, 6) is -4.70. The van der Waals surface area contributed by atoms with Crippen molar-refractivity contribution in [1.29, 1.82) is 0 Å². The quantitative estimate of drug-likeness (QED) is 0.285. The van der Waals surface area contributed by atoms with Crippen LogP contribution in [0.4, 0.5) is 35.1 Å². The first-order chi connectivity index (χ1) is 20.8. The van der Waals surface area contributed by atoms with E-state index in [2.05, 4.69) is 11.7 Å². The van der Waals surface area contributed by atoms with Crippen LogP contribution in [0, 0.1) is 35.2 Å². The minimum atomic E-state index is -4.80. The van der Waals surface area contributed by atoms with E-state index < -0.39 is 41.2 Å². The second-order valence-corrected chi connectivity index (χ2v) is 12.4. The molecule has 0 atom stereocenters. The molecule has 0 amide bonds. The van der Waals surface area contributed by atoms with Gasteiger partial charge in [0.25, 0.3) is 0 Å². The molecule has 2 saturated carbocycles. The molecule has 0 aromatic heterocycles. The first-order valence-corrected chi connectivity index (χ1v) is 15.1. The molecule has 5 rings (SSSR count). The van der Waals surface area contributed by atoms with Gasteiger partial charge in [0.1, 0.15) is 23.2 Å². The van der Waals surface area contributed by atoms with Gasteiger partial charge in [-0.2, -0.15) is 22.0 Å². The molecular weight excluding hydrogens is 596 g/mol. The summed E-state index contributed by atoms with van der Waals surface area (Å²) >= 11 is 0. The van der Waals surface area contributed by atoms with E-state index in [0.29, 0.717) is 42.7 Å². The Hall–Kier alpha value is -2.66. The summed E-state index contributed by atoms with van der Waals surface area (Å²) in [4.78, 5) is 0. The van der Waals surface area contributed by atoms with Gasteiger partial charge >= 0.3 is 12.3 Å². The van der Waals surface area contributed by atoms with Crippen LogP contribution in [-0.4, -0.2) is 31.8 Å². The van der Waals surface area contributed by atoms with Crippen molar-refractivity contribution in [2.24, 2.45) is 17.8 Å². The first kappa shape index (κ1) is 32.7. The van der Waals surface area contributed by atoms with E-state index in [1.54, 1.807) is 12.1 Å². The molecule has 0 bridgehead atoms. The molecule has 1 saturated heterocycles. The molecule has 2 aromatic carbocycles. The third-order valence-electron chi connectivity index (χ3n) is 9.13. The molecule has 3 fully saturated rings. The Labute approximate surface area is 251 Å². The Bertz CT molecular complexity index is 1280. The van der Waals surface area contributed by atoms with Gasteiger partial charge in [0.05, 0.1) is 19.1 Å². The van der Waals surface area contributed by atoms with Gasteiger partial charge in [0.15, 0.2) is 6.29 Å². The maximum Gasteiger partial charge on any atom is 0.409 e. The van der Waals surface area contributed by atoms with Crippen LogP contribution in [0.2, 0.25) is 0 Å². The second kappa shape index (κ2) is 13.4. The summed E-state index contributed by atoms with van der Waals surface area (Å²) in [6.45, 7) is 3.49. The maximum absolute atomic E-state index is 15.3. The number of rotatable bonds is 7. The summed E-state index contributed by atoms with van der Waals surface area (Å²) < 4.78 is 127. The van der Waals surface area contributed by atoms with Crippen molar-refractivity contribution in [3.05, 3.63) is 70.5 Å². The van der Waals surface area contributed by atoms with Crippen molar-refractivity contribution >= 4 is 6.08 Å². The van der Waals surface area contributed by atoms with Gasteiger partial charge in [0, 0.05) is 35.6 Å². The van der Waals surface area contributed by atoms with Crippen molar-refractivity contribution in [3.63, 3.8) is 0 Å². The number of halogens is 8. The molecule has 11 heteroatoms. The van der Waals surface area contributed by atoms with E-state index in [4.69, 9.17) is 9.47 Å². The monoisotopic (exact) mass is 632 g/mol. The molecule has 2 aliphatic carbocycles. The SMILES string of the molecule is CC1COC(C2CCC(c3ccc(C4CCC(C(F)(F)Oc5cc(F)c(/C=C/C(F)(F)F)c(F)c5)CC4)c(F)c3)CC2)OC1. The van der Waals surface area contributed by atoms with Crippen LogP contribution >= 0.6 is 0 Å². The standard InChI is InChI=1S/C33H36F8O3/c1-19-17-42-31(43-18-19)22-4-2-20(3-5-22)23-8-11-26(28(34)14-23)21-6-9-24(10-7-21)33(40,41)44-25-15-29(35)27(30(36)16-25)12-13-32(37,38)39/h8,11-16,19-22,24,31H,2-7,9-10,17-18H2,1H3/b13-12+. The van der Waals surface area contributed by atoms with E-state index >= 15 is 4.39 Å². The Morgan fingerprint density at radius 2 is 1.34 bits per heavy atom. The number of alkyl halides is 5. The highest BCUT2D eigenvalue weighted by Crippen LogP contribution is 2.45. The number of ether oxygens (including phenoxy) is 3. The lowest BCUT2D eigenvalue weighted by Gasteiger charge is -2.37. The Balaban J connectivity index is 1.14. The lowest BCUT2D eigenvalue weighted by atomic mass is 9.76. The maximum atomic E-state index is 15.3. The number of benzene rings is 2. The van der Waals surface area contributed by atoms with Gasteiger partial charge in [-0.3, -0.25) is 0 Å². The van der Waals surface area contributed by atoms with E-state index in [1.165, 1.54) is 0 Å². The fourth-order valence-corrected chi connectivity index (χ4v) is 6.68. The number of allylic oxidation sites excluding steroid dienone is 1. The Morgan fingerprint density at radius 3 is 1.91 bits per heavy atom. The van der Waals surface area contributed by atoms with Crippen molar-refractivity contribution in [2.75, 3.05) is 13.2 Å². The first-order valence-electron chi connectivity index (χ1n) is 15.1. The van der Waals surface area contributed by atoms with Gasteiger partial charge in [0.2, 0.25) is 0 Å². The zero-order chi connectivity index (χ0) is 31.6. The fraction of sp³-hybridized carbons (Fsp3) is 0.576. The number of hydrogen-bond donors (Lipinski definition) is 0. The zero-order valence-electron chi connectivity index (χ0n) is 24.3. The molecule has 1 aliphatic heterocycles. The lowest BCUT2D eigenvalue weighted by molar-refractivity contribution is -0.226. The minimum absolute atomic E-state index is 0.00960. The molecule has 1 heterocycles. The third kappa shape index (κ3) is 7.94. The zero-order valence-corrected chi connectivity index (χ0v) is 24.3. The van der Waals surface area contributed by atoms with E-state index in [9.17, 15) is 30.7 Å². The molecule has 2 aromatic rings. The van der Waals surface area contributed by atoms with E-state index in [-0.39, 0.29) is 61.8 Å². The van der Waals surface area contributed by atoms with Gasteiger partial charge in [-0.15, -0.1) is 0 Å². The van der Waals surface area contributed by atoms with Crippen molar-refractivity contribution in [2.45, 2.75) is 88.7 Å². The van der Waals surface area contributed by atoms with Gasteiger partial charge in [-0.1, -0.05) is 19.1 Å². The Morgan fingerprint density at radius 1 is 0.750 bits per heavy atom. The molecule has 0 N–H and O–H groups in total. The molecular formula is C33H36F8O3. The normalized spacial score (nSPS) is 28.8. The highest BCUT2D eigenvalue weighted by Gasteiger charge is 2.44. The summed E-state index contributed by atoms with van der Waals surface area (Å²) in [6.07, 6.45) is -4.72. The van der Waals surface area contributed by atoms with Crippen LogP contribution in [0.25, 0.3) is 6.08 Å². The second-order valence-electron chi connectivity index (χ2n) is 12.4. The summed E-state index contributed by atoms with van der Waals surface area (Å²) in [6, 6.07) is 6.11. The molecule has 3 aliphatic rings. The molecule has 3 nitrogen and oxygen atoms in total. The fourth-order valence-electron chi connectivity index (χ4n) is 6.68. The molecule has 0 radical (unpaired) electrons. The lowest BCUT2D eigenvalue weighted by Crippen LogP contribution is -2.37. The van der Waals surface area contributed by atoms with Crippen LogP contribution in [0.3, 0.4) is 0 Å². The molecule has 0 unspecified atom stereocenters. The van der Waals surface area contributed by atoms with Crippen molar-refractivity contribution < 1.29 is 49.3 Å². The van der Waals surface area contributed by atoms with Crippen LogP contribution < -0.4 is 4.74 Å². The number of hydrogen-bond acceptors (Lipinski definition) is 3. The summed E-state index contributed by atoms with van der Waals surface area (Å²) in [5.41, 5.74) is 0.393. The smallest absolute Gasteiger partial charge is 0.409 e. The Kier molecular flexibility index (Phi) is 9.94. The van der Waals surface area contributed by atoms with Crippen LogP contribution in [0.1, 0.15) is 86.8 Å². The van der Waals surface area contributed by atoms with Crippen molar-refractivity contribution in [3.8, 4) is 5.75 Å². The minimum Gasteiger partial charge on any atom is -0.432 e. The van der Waals surface area contributed by atoms with Crippen LogP contribution in [-0.2, 0) is 9.47 Å². The van der Waals surface area contributed by atoms with Gasteiger partial charge in [-0.05, 0) is 86.5 Å². The topological polar surface area (TPSA) is 27.7 Å². The predicted octanol–water partition coefficient (Wildman–Crippen LogP) is 9.91. The average molecular weight is 633 g/mol. The van der Waals surface area contributed by atoms with Gasteiger partial charge < -0.3 is 14.2 Å². The molecule has 242 valence electrons. The van der Waals surface area contributed by atoms with Crippen LogP contribution in [0.15, 0.2) is 36.4 Å². The molecule has 44 heavy (non-hydrogen) atoms. The summed E-state index contributed by atoms with van der Waals surface area (Å²) in [5, 5.41) is 0. The summed E-state index contributed by atoms with van der Waals surface area (Å²) in [7, 11) is 0. The molecule has 0 spiro atoms. The van der Waals surface area contributed by atoms with Gasteiger partial charge in [-0.25, -0.2) is 13.2 Å². The highest BCUT2D eigenvalue weighted by molar-refractivity contribution is 5.53. The predicted molar refractivity (Wildman–Crippen MR) is 148 cm³/mol. The highest BCUT2D eigenvalue weighted by atomic mass is 19.4. The largest absolute Gasteiger partial charge is 0.432 e. The average Bonchev–Trinajstić information content (AvgIpc) is 2.96. The van der Waals surface area contributed by atoms with E-state index in [1.807, 2.05) is 6.07 Å². The van der Waals surface area contributed by atoms with E-state index in [0.717, 1.165) is 31.2 Å².